The average molecular weight is 354 g/mol. The standard InChI is InChI=1S/C15H22N4O6/c1-5-8(3)17-12-11(15(21)22)9(4)18-14(13(12)19(23)24)16-7-10(20)25-6-2/h8H,5-7H2,1-4H3,(H,21,22)(H2,16,17,18). The number of aromatic nitrogens is 1. The van der Waals surface area contributed by atoms with Crippen LogP contribution in [0.1, 0.15) is 43.2 Å². The number of nitrogens with one attached hydrogen (secondary N) is 2. The van der Waals surface area contributed by atoms with Gasteiger partial charge in [-0.3, -0.25) is 14.9 Å². The van der Waals surface area contributed by atoms with E-state index in [1.807, 2.05) is 6.92 Å². The molecule has 0 amide bonds. The van der Waals surface area contributed by atoms with Gasteiger partial charge in [0.2, 0.25) is 5.82 Å². The van der Waals surface area contributed by atoms with E-state index in [4.69, 9.17) is 4.74 Å². The van der Waals surface area contributed by atoms with Crippen molar-refractivity contribution in [2.75, 3.05) is 23.8 Å². The zero-order valence-electron chi connectivity index (χ0n) is 14.6. The number of hydrogen-bond acceptors (Lipinski definition) is 8. The van der Waals surface area contributed by atoms with Crippen molar-refractivity contribution in [1.82, 2.24) is 4.98 Å². The average Bonchev–Trinajstić information content (AvgIpc) is 2.51. The first kappa shape index (κ1) is 20.1. The number of ether oxygens (including phenoxy) is 1. The van der Waals surface area contributed by atoms with Crippen molar-refractivity contribution >= 4 is 29.1 Å². The summed E-state index contributed by atoms with van der Waals surface area (Å²) in [5, 5.41) is 26.4. The molecule has 10 nitrogen and oxygen atoms in total. The van der Waals surface area contributed by atoms with Gasteiger partial charge in [-0.25, -0.2) is 9.78 Å². The highest BCUT2D eigenvalue weighted by Gasteiger charge is 2.30. The first-order chi connectivity index (χ1) is 11.7. The van der Waals surface area contributed by atoms with Gasteiger partial charge in [0.25, 0.3) is 0 Å². The molecule has 25 heavy (non-hydrogen) atoms. The van der Waals surface area contributed by atoms with Crippen molar-refractivity contribution in [3.63, 3.8) is 0 Å². The van der Waals surface area contributed by atoms with Gasteiger partial charge in [0.1, 0.15) is 17.8 Å². The van der Waals surface area contributed by atoms with Crippen molar-refractivity contribution in [2.24, 2.45) is 0 Å². The number of pyridine rings is 1. The van der Waals surface area contributed by atoms with Gasteiger partial charge in [0.05, 0.1) is 17.2 Å². The molecule has 1 heterocycles. The molecule has 1 aromatic rings. The molecule has 0 fully saturated rings. The number of aromatic carboxylic acids is 1. The topological polar surface area (TPSA) is 144 Å². The maximum absolute atomic E-state index is 11.6. The molecule has 0 aromatic carbocycles. The highest BCUT2D eigenvalue weighted by Crippen LogP contribution is 2.36. The van der Waals surface area contributed by atoms with Crippen LogP contribution < -0.4 is 10.6 Å². The molecule has 138 valence electrons. The second kappa shape index (κ2) is 8.81. The van der Waals surface area contributed by atoms with E-state index in [-0.39, 0.29) is 42.0 Å². The summed E-state index contributed by atoms with van der Waals surface area (Å²) in [6.07, 6.45) is 0.628. The highest BCUT2D eigenvalue weighted by molar-refractivity contribution is 6.00. The lowest BCUT2D eigenvalue weighted by Gasteiger charge is -2.18. The molecule has 1 unspecified atom stereocenters. The van der Waals surface area contributed by atoms with Crippen LogP contribution in [0, 0.1) is 17.0 Å². The van der Waals surface area contributed by atoms with Crippen LogP contribution in [0.15, 0.2) is 0 Å². The Bertz CT molecular complexity index is 676. The van der Waals surface area contributed by atoms with E-state index in [1.165, 1.54) is 6.92 Å². The molecule has 0 bridgehead atoms. The zero-order valence-corrected chi connectivity index (χ0v) is 14.6. The Kier molecular flexibility index (Phi) is 7.09. The summed E-state index contributed by atoms with van der Waals surface area (Å²) in [5.74, 6) is -2.11. The van der Waals surface area contributed by atoms with E-state index in [9.17, 15) is 24.8 Å². The second-order valence-corrected chi connectivity index (χ2v) is 5.32. The maximum atomic E-state index is 11.6. The Hall–Kier alpha value is -2.91. The Morgan fingerprint density at radius 1 is 1.40 bits per heavy atom. The fourth-order valence-electron chi connectivity index (χ4n) is 2.11. The largest absolute Gasteiger partial charge is 0.478 e. The molecular formula is C15H22N4O6. The zero-order chi connectivity index (χ0) is 19.1. The summed E-state index contributed by atoms with van der Waals surface area (Å²) in [6.45, 7) is 6.56. The van der Waals surface area contributed by atoms with Crippen LogP contribution >= 0.6 is 0 Å². The van der Waals surface area contributed by atoms with E-state index in [1.54, 1.807) is 13.8 Å². The van der Waals surface area contributed by atoms with Crippen molar-refractivity contribution < 1.29 is 24.4 Å². The number of nitrogens with zero attached hydrogens (tertiary/aromatic N) is 2. The predicted octanol–water partition coefficient (Wildman–Crippen LogP) is 2.18. The lowest BCUT2D eigenvalue weighted by atomic mass is 10.1. The molecule has 0 aliphatic rings. The molecule has 1 atom stereocenters. The summed E-state index contributed by atoms with van der Waals surface area (Å²) in [4.78, 5) is 37.8. The Morgan fingerprint density at radius 3 is 2.52 bits per heavy atom. The van der Waals surface area contributed by atoms with Gasteiger partial charge in [-0.15, -0.1) is 0 Å². The minimum atomic E-state index is -1.32. The molecule has 3 N–H and O–H groups in total. The van der Waals surface area contributed by atoms with Crippen LogP contribution in [0.2, 0.25) is 0 Å². The SMILES string of the molecule is CCOC(=O)CNc1nc(C)c(C(=O)O)c(NC(C)CC)c1[N+](=O)[O-]. The first-order valence-corrected chi connectivity index (χ1v) is 7.81. The number of rotatable bonds is 9. The smallest absolute Gasteiger partial charge is 0.339 e. The molecule has 0 spiro atoms. The van der Waals surface area contributed by atoms with Crippen LogP contribution in [0.25, 0.3) is 0 Å². The van der Waals surface area contributed by atoms with Gasteiger partial charge in [-0.1, -0.05) is 6.92 Å². The quantitative estimate of drug-likeness (QED) is 0.345. The maximum Gasteiger partial charge on any atom is 0.339 e. The fourth-order valence-corrected chi connectivity index (χ4v) is 2.11. The first-order valence-electron chi connectivity index (χ1n) is 7.81. The van der Waals surface area contributed by atoms with Crippen molar-refractivity contribution in [2.45, 2.75) is 40.2 Å². The third-order valence-corrected chi connectivity index (χ3v) is 3.46. The summed E-state index contributed by atoms with van der Waals surface area (Å²) < 4.78 is 4.76. The number of nitro groups is 1. The molecule has 0 aliphatic carbocycles. The van der Waals surface area contributed by atoms with Gasteiger partial charge < -0.3 is 20.5 Å². The summed E-state index contributed by atoms with van der Waals surface area (Å²) in [6, 6.07) is -0.198. The van der Waals surface area contributed by atoms with Gasteiger partial charge >= 0.3 is 17.6 Å². The number of carboxylic acids is 1. The highest BCUT2D eigenvalue weighted by atomic mass is 16.6. The molecule has 10 heteroatoms. The van der Waals surface area contributed by atoms with Crippen LogP contribution in [-0.2, 0) is 9.53 Å². The molecule has 0 aliphatic heterocycles. The molecule has 1 aromatic heterocycles. The summed E-state index contributed by atoms with van der Waals surface area (Å²) in [5.41, 5.74) is -0.831. The normalized spacial score (nSPS) is 11.5. The van der Waals surface area contributed by atoms with Gasteiger partial charge in [0.15, 0.2) is 0 Å². The van der Waals surface area contributed by atoms with Gasteiger partial charge in [-0.05, 0) is 27.2 Å². The summed E-state index contributed by atoms with van der Waals surface area (Å²) in [7, 11) is 0. The van der Waals surface area contributed by atoms with E-state index in [2.05, 4.69) is 15.6 Å². The number of aryl methyl sites for hydroxylation is 1. The van der Waals surface area contributed by atoms with Crippen LogP contribution in [0.4, 0.5) is 17.2 Å². The van der Waals surface area contributed by atoms with Crippen LogP contribution in [0.3, 0.4) is 0 Å². The van der Waals surface area contributed by atoms with Crippen molar-refractivity contribution in [3.8, 4) is 0 Å². The summed E-state index contributed by atoms with van der Waals surface area (Å²) >= 11 is 0. The molecule has 0 saturated heterocycles. The van der Waals surface area contributed by atoms with E-state index in [0.717, 1.165) is 0 Å². The minimum Gasteiger partial charge on any atom is -0.478 e. The Morgan fingerprint density at radius 2 is 2.04 bits per heavy atom. The monoisotopic (exact) mass is 354 g/mol. The third kappa shape index (κ3) is 5.03. The minimum absolute atomic E-state index is 0.0928. The number of carbonyl (C=O) groups is 2. The third-order valence-electron chi connectivity index (χ3n) is 3.46. The number of carboxylic acid groups (broad SMARTS) is 1. The fraction of sp³-hybridized carbons (Fsp3) is 0.533. The lowest BCUT2D eigenvalue weighted by Crippen LogP contribution is -2.22. The lowest BCUT2D eigenvalue weighted by molar-refractivity contribution is -0.383. The number of esters is 1. The van der Waals surface area contributed by atoms with Gasteiger partial charge in [0, 0.05) is 6.04 Å². The van der Waals surface area contributed by atoms with E-state index < -0.39 is 22.5 Å². The van der Waals surface area contributed by atoms with Crippen molar-refractivity contribution in [1.29, 1.82) is 0 Å². The molecule has 0 radical (unpaired) electrons. The van der Waals surface area contributed by atoms with Crippen LogP contribution in [-0.4, -0.2) is 46.1 Å². The van der Waals surface area contributed by atoms with E-state index >= 15 is 0 Å². The second-order valence-electron chi connectivity index (χ2n) is 5.32. The Balaban J connectivity index is 3.44. The van der Waals surface area contributed by atoms with Crippen molar-refractivity contribution in [3.05, 3.63) is 21.4 Å². The van der Waals surface area contributed by atoms with Crippen LogP contribution in [0.5, 0.6) is 0 Å². The number of hydrogen-bond donors (Lipinski definition) is 3. The molecule has 0 saturated carbocycles. The van der Waals surface area contributed by atoms with E-state index in [0.29, 0.717) is 6.42 Å². The number of anilines is 2. The van der Waals surface area contributed by atoms with Gasteiger partial charge in [-0.2, -0.15) is 0 Å². The molecular weight excluding hydrogens is 332 g/mol. The number of carbonyl (C=O) groups excluding carboxylic acids is 1. The Labute approximate surface area is 144 Å². The molecule has 1 rings (SSSR count). The predicted molar refractivity (Wildman–Crippen MR) is 91.1 cm³/mol.